The summed E-state index contributed by atoms with van der Waals surface area (Å²) in [7, 11) is 0. The molecule has 1 aliphatic rings. The number of carbonyl (C=O) groups is 2. The van der Waals surface area contributed by atoms with Gasteiger partial charge in [-0.05, 0) is 30.7 Å². The number of hydrogen-bond acceptors (Lipinski definition) is 4. The summed E-state index contributed by atoms with van der Waals surface area (Å²) in [4.78, 5) is 23.7. The Bertz CT molecular complexity index is 759. The Morgan fingerprint density at radius 2 is 1.75 bits per heavy atom. The highest BCUT2D eigenvalue weighted by atomic mass is 16.7. The fourth-order valence-corrected chi connectivity index (χ4v) is 2.16. The number of hydrazine groups is 1. The molecule has 0 fully saturated rings. The van der Waals surface area contributed by atoms with Crippen molar-refractivity contribution in [2.45, 2.75) is 13.5 Å². The highest BCUT2D eigenvalue weighted by molar-refractivity contribution is 5.95. The normalized spacial score (nSPS) is 11.7. The SMILES string of the molecule is Cc1ccc(CNC(=O)NNC(=O)c2ccc3c(c2)OCO3)cc1. The molecule has 2 aromatic carbocycles. The number of aryl methyl sites for hydroxylation is 1. The summed E-state index contributed by atoms with van der Waals surface area (Å²) in [6.45, 7) is 2.50. The van der Waals surface area contributed by atoms with Crippen LogP contribution in [0.1, 0.15) is 21.5 Å². The van der Waals surface area contributed by atoms with Crippen molar-refractivity contribution in [2.75, 3.05) is 6.79 Å². The van der Waals surface area contributed by atoms with E-state index in [1.807, 2.05) is 31.2 Å². The van der Waals surface area contributed by atoms with Gasteiger partial charge in [-0.2, -0.15) is 0 Å². The Hall–Kier alpha value is -3.22. The second kappa shape index (κ2) is 6.91. The molecule has 0 bridgehead atoms. The zero-order valence-electron chi connectivity index (χ0n) is 13.1. The average Bonchev–Trinajstić information content (AvgIpc) is 3.06. The number of nitrogens with one attached hydrogen (secondary N) is 3. The van der Waals surface area contributed by atoms with E-state index >= 15 is 0 Å². The molecule has 0 radical (unpaired) electrons. The first-order valence-electron chi connectivity index (χ1n) is 7.41. The van der Waals surface area contributed by atoms with Gasteiger partial charge in [-0.3, -0.25) is 10.2 Å². The number of ether oxygens (including phenoxy) is 2. The highest BCUT2D eigenvalue weighted by Gasteiger charge is 2.16. The van der Waals surface area contributed by atoms with E-state index in [9.17, 15) is 9.59 Å². The average molecular weight is 327 g/mol. The van der Waals surface area contributed by atoms with Crippen LogP contribution in [0.4, 0.5) is 4.79 Å². The lowest BCUT2D eigenvalue weighted by Gasteiger charge is -2.09. The molecule has 1 heterocycles. The fraction of sp³-hybridized carbons (Fsp3) is 0.176. The van der Waals surface area contributed by atoms with Gasteiger partial charge in [-0.15, -0.1) is 0 Å². The Morgan fingerprint density at radius 3 is 2.54 bits per heavy atom. The molecule has 0 aliphatic carbocycles. The van der Waals surface area contributed by atoms with Gasteiger partial charge >= 0.3 is 6.03 Å². The lowest BCUT2D eigenvalue weighted by Crippen LogP contribution is -2.46. The first-order valence-corrected chi connectivity index (χ1v) is 7.41. The van der Waals surface area contributed by atoms with Gasteiger partial charge in [-0.1, -0.05) is 29.8 Å². The maximum Gasteiger partial charge on any atom is 0.333 e. The number of amides is 3. The lowest BCUT2D eigenvalue weighted by molar-refractivity contribution is 0.0936. The van der Waals surface area contributed by atoms with Crippen molar-refractivity contribution >= 4 is 11.9 Å². The molecular weight excluding hydrogens is 310 g/mol. The predicted octanol–water partition coefficient (Wildman–Crippen LogP) is 1.87. The minimum atomic E-state index is -0.496. The standard InChI is InChI=1S/C17H17N3O4/c1-11-2-4-12(5-3-11)9-18-17(22)20-19-16(21)13-6-7-14-15(8-13)24-10-23-14/h2-8H,9-10H2,1H3,(H,19,21)(H2,18,20,22). The van der Waals surface area contributed by atoms with E-state index in [1.54, 1.807) is 18.2 Å². The summed E-state index contributed by atoms with van der Waals surface area (Å²) < 4.78 is 10.4. The topological polar surface area (TPSA) is 88.7 Å². The minimum Gasteiger partial charge on any atom is -0.454 e. The number of carbonyl (C=O) groups excluding carboxylic acids is 2. The molecule has 0 atom stereocenters. The zero-order valence-corrected chi connectivity index (χ0v) is 13.1. The number of benzene rings is 2. The van der Waals surface area contributed by atoms with Gasteiger partial charge in [0.25, 0.3) is 5.91 Å². The summed E-state index contributed by atoms with van der Waals surface area (Å²) in [5.74, 6) is 0.653. The molecule has 1 aliphatic heterocycles. The molecule has 7 heteroatoms. The van der Waals surface area contributed by atoms with E-state index < -0.39 is 11.9 Å². The number of fused-ring (bicyclic) bond motifs is 1. The van der Waals surface area contributed by atoms with E-state index in [1.165, 1.54) is 0 Å². The van der Waals surface area contributed by atoms with E-state index in [4.69, 9.17) is 9.47 Å². The Labute approximate surface area is 138 Å². The van der Waals surface area contributed by atoms with Crippen LogP contribution in [0, 0.1) is 6.92 Å². The molecule has 0 spiro atoms. The van der Waals surface area contributed by atoms with E-state index in [0.29, 0.717) is 23.6 Å². The van der Waals surface area contributed by atoms with Crippen molar-refractivity contribution < 1.29 is 19.1 Å². The zero-order chi connectivity index (χ0) is 16.9. The van der Waals surface area contributed by atoms with Crippen molar-refractivity contribution in [1.82, 2.24) is 16.2 Å². The molecule has 3 rings (SSSR count). The maximum absolute atomic E-state index is 12.0. The summed E-state index contributed by atoms with van der Waals surface area (Å²) >= 11 is 0. The largest absolute Gasteiger partial charge is 0.454 e. The van der Waals surface area contributed by atoms with Crippen LogP contribution in [0.25, 0.3) is 0 Å². The van der Waals surface area contributed by atoms with Gasteiger partial charge in [-0.25, -0.2) is 10.2 Å². The summed E-state index contributed by atoms with van der Waals surface area (Å²) in [6, 6.07) is 12.1. The third-order valence-corrected chi connectivity index (χ3v) is 3.50. The van der Waals surface area contributed by atoms with Crippen LogP contribution in [0.5, 0.6) is 11.5 Å². The predicted molar refractivity (Wildman–Crippen MR) is 86.6 cm³/mol. The third kappa shape index (κ3) is 3.75. The van der Waals surface area contributed by atoms with Crippen molar-refractivity contribution in [2.24, 2.45) is 0 Å². The van der Waals surface area contributed by atoms with Gasteiger partial charge in [0.05, 0.1) is 0 Å². The second-order valence-corrected chi connectivity index (χ2v) is 5.32. The summed E-state index contributed by atoms with van der Waals surface area (Å²) in [5, 5.41) is 2.66. The minimum absolute atomic E-state index is 0.139. The van der Waals surface area contributed by atoms with Gasteiger partial charge in [0.1, 0.15) is 0 Å². The van der Waals surface area contributed by atoms with E-state index in [-0.39, 0.29) is 6.79 Å². The van der Waals surface area contributed by atoms with E-state index in [2.05, 4.69) is 16.2 Å². The quantitative estimate of drug-likeness (QED) is 0.751. The second-order valence-electron chi connectivity index (χ2n) is 5.32. The van der Waals surface area contributed by atoms with Crippen LogP contribution >= 0.6 is 0 Å². The molecule has 2 aromatic rings. The van der Waals surface area contributed by atoms with Crippen LogP contribution in [-0.4, -0.2) is 18.7 Å². The van der Waals surface area contributed by atoms with Crippen molar-refractivity contribution in [3.05, 3.63) is 59.2 Å². The van der Waals surface area contributed by atoms with Crippen LogP contribution in [0.15, 0.2) is 42.5 Å². The maximum atomic E-state index is 12.0. The molecule has 3 N–H and O–H groups in total. The van der Waals surface area contributed by atoms with Crippen LogP contribution in [0.2, 0.25) is 0 Å². The Balaban J connectivity index is 1.47. The highest BCUT2D eigenvalue weighted by Crippen LogP contribution is 2.32. The number of urea groups is 1. The molecular formula is C17H17N3O4. The molecule has 0 saturated carbocycles. The fourth-order valence-electron chi connectivity index (χ4n) is 2.16. The van der Waals surface area contributed by atoms with Crippen molar-refractivity contribution in [1.29, 1.82) is 0 Å². The Kier molecular flexibility index (Phi) is 4.51. The monoisotopic (exact) mass is 327 g/mol. The smallest absolute Gasteiger partial charge is 0.333 e. The molecule has 24 heavy (non-hydrogen) atoms. The van der Waals surface area contributed by atoms with Crippen LogP contribution in [-0.2, 0) is 6.54 Å². The molecule has 0 unspecified atom stereocenters. The van der Waals surface area contributed by atoms with Crippen LogP contribution < -0.4 is 25.6 Å². The van der Waals surface area contributed by atoms with Crippen molar-refractivity contribution in [3.8, 4) is 11.5 Å². The molecule has 0 saturated heterocycles. The van der Waals surface area contributed by atoms with E-state index in [0.717, 1.165) is 11.1 Å². The van der Waals surface area contributed by atoms with Crippen molar-refractivity contribution in [3.63, 3.8) is 0 Å². The first kappa shape index (κ1) is 15.7. The number of hydrogen-bond donors (Lipinski definition) is 3. The molecule has 7 nitrogen and oxygen atoms in total. The molecule has 3 amide bonds. The summed E-state index contributed by atoms with van der Waals surface area (Å²) in [5.41, 5.74) is 7.13. The molecule has 0 aromatic heterocycles. The first-order chi connectivity index (χ1) is 11.6. The number of rotatable bonds is 3. The van der Waals surface area contributed by atoms with Gasteiger partial charge in [0, 0.05) is 12.1 Å². The summed E-state index contributed by atoms with van der Waals surface area (Å²) in [6.07, 6.45) is 0. The van der Waals surface area contributed by atoms with Gasteiger partial charge in [0.15, 0.2) is 11.5 Å². The Morgan fingerprint density at radius 1 is 1.00 bits per heavy atom. The van der Waals surface area contributed by atoms with Gasteiger partial charge < -0.3 is 14.8 Å². The molecule has 124 valence electrons. The van der Waals surface area contributed by atoms with Gasteiger partial charge in [0.2, 0.25) is 6.79 Å². The lowest BCUT2D eigenvalue weighted by atomic mass is 10.1. The van der Waals surface area contributed by atoms with Crippen LogP contribution in [0.3, 0.4) is 0 Å². The third-order valence-electron chi connectivity index (χ3n) is 3.50.